The summed E-state index contributed by atoms with van der Waals surface area (Å²) in [6.45, 7) is 9.93. The summed E-state index contributed by atoms with van der Waals surface area (Å²) in [4.78, 5) is 25.0. The normalized spacial score (nSPS) is 16.0. The van der Waals surface area contributed by atoms with Gasteiger partial charge in [-0.15, -0.1) is 0 Å². The van der Waals surface area contributed by atoms with Crippen LogP contribution in [0.4, 0.5) is 0 Å². The third-order valence-corrected chi connectivity index (χ3v) is 8.19. The maximum absolute atomic E-state index is 12.8. The average molecular weight is 496 g/mol. The van der Waals surface area contributed by atoms with Crippen molar-refractivity contribution in [2.24, 2.45) is 0 Å². The van der Waals surface area contributed by atoms with Gasteiger partial charge >= 0.3 is 5.97 Å². The number of hydrogen-bond donors (Lipinski definition) is 2. The summed E-state index contributed by atoms with van der Waals surface area (Å²) in [7, 11) is 1.50. The molecule has 36 heavy (non-hydrogen) atoms. The summed E-state index contributed by atoms with van der Waals surface area (Å²) in [5, 5.41) is 19.9. The molecule has 0 saturated heterocycles. The second-order valence-corrected chi connectivity index (χ2v) is 10.4. The van der Waals surface area contributed by atoms with Crippen molar-refractivity contribution in [2.75, 3.05) is 13.6 Å². The van der Waals surface area contributed by atoms with Crippen molar-refractivity contribution in [2.45, 2.75) is 90.3 Å². The van der Waals surface area contributed by atoms with Gasteiger partial charge in [-0.05, 0) is 80.8 Å². The zero-order valence-electron chi connectivity index (χ0n) is 22.6. The third-order valence-electron chi connectivity index (χ3n) is 8.19. The Kier molecular flexibility index (Phi) is 8.50. The number of ether oxygens (including phenoxy) is 1. The predicted molar refractivity (Wildman–Crippen MR) is 142 cm³/mol. The van der Waals surface area contributed by atoms with Crippen LogP contribution >= 0.6 is 0 Å². The van der Waals surface area contributed by atoms with Crippen molar-refractivity contribution >= 4 is 11.9 Å². The van der Waals surface area contributed by atoms with E-state index >= 15 is 0 Å². The molecule has 1 atom stereocenters. The van der Waals surface area contributed by atoms with Gasteiger partial charge in [-0.1, -0.05) is 51.0 Å². The molecule has 1 unspecified atom stereocenters. The Bertz CT molecular complexity index is 1100. The summed E-state index contributed by atoms with van der Waals surface area (Å²) >= 11 is 0. The van der Waals surface area contributed by atoms with Crippen LogP contribution in [0, 0.1) is 13.8 Å². The van der Waals surface area contributed by atoms with Crippen LogP contribution in [0.5, 0.6) is 5.75 Å². The molecule has 1 saturated carbocycles. The van der Waals surface area contributed by atoms with Crippen molar-refractivity contribution in [3.63, 3.8) is 0 Å². The number of hydrogen-bond acceptors (Lipinski definition) is 4. The Balaban J connectivity index is 1.91. The Labute approximate surface area is 215 Å². The van der Waals surface area contributed by atoms with E-state index in [4.69, 9.17) is 9.84 Å². The molecule has 196 valence electrons. The number of carbonyl (C=O) groups is 2. The highest BCUT2D eigenvalue weighted by atomic mass is 16.5. The maximum Gasteiger partial charge on any atom is 0.323 e. The number of rotatable bonds is 10. The van der Waals surface area contributed by atoms with E-state index in [2.05, 4.69) is 32.0 Å². The van der Waals surface area contributed by atoms with E-state index in [1.807, 2.05) is 39.0 Å². The minimum absolute atomic E-state index is 0.238. The van der Waals surface area contributed by atoms with Gasteiger partial charge in [0, 0.05) is 18.0 Å². The molecule has 0 heterocycles. The average Bonchev–Trinajstić information content (AvgIpc) is 3.29. The molecule has 3 rings (SSSR count). The summed E-state index contributed by atoms with van der Waals surface area (Å²) < 4.78 is 6.25. The van der Waals surface area contributed by atoms with Gasteiger partial charge in [-0.25, -0.2) is 0 Å². The fourth-order valence-corrected chi connectivity index (χ4v) is 5.69. The standard InChI is InChI=1S/C30H41NO5/c1-7-29(8-2,23-11-13-25(20(3)17-23)28(34)31(6)19-27(32)33)24-12-14-26(21(4)18-24)36-22(5)30(35)15-9-10-16-30/h11-14,17-18,22,35H,7-10,15-16,19H2,1-6H3,(H,32,33). The molecule has 0 radical (unpaired) electrons. The van der Waals surface area contributed by atoms with Crippen LogP contribution in [-0.4, -0.2) is 52.3 Å². The molecule has 1 aliphatic carbocycles. The molecule has 1 aliphatic rings. The number of aliphatic hydroxyl groups is 1. The largest absolute Gasteiger partial charge is 0.487 e. The van der Waals surface area contributed by atoms with Crippen LogP contribution in [0.1, 0.15) is 91.9 Å². The highest BCUT2D eigenvalue weighted by molar-refractivity contribution is 5.97. The molecule has 1 amide bonds. The minimum Gasteiger partial charge on any atom is -0.487 e. The molecule has 0 aliphatic heterocycles. The molecular formula is C30H41NO5. The van der Waals surface area contributed by atoms with Crippen LogP contribution in [0.25, 0.3) is 0 Å². The van der Waals surface area contributed by atoms with E-state index in [1.165, 1.54) is 17.5 Å². The van der Waals surface area contributed by atoms with E-state index in [0.717, 1.165) is 61.0 Å². The van der Waals surface area contributed by atoms with E-state index in [-0.39, 0.29) is 24.0 Å². The van der Waals surface area contributed by atoms with Gasteiger partial charge in [0.15, 0.2) is 0 Å². The molecule has 0 bridgehead atoms. The van der Waals surface area contributed by atoms with E-state index in [9.17, 15) is 14.7 Å². The van der Waals surface area contributed by atoms with E-state index < -0.39 is 11.6 Å². The van der Waals surface area contributed by atoms with Gasteiger partial charge in [0.2, 0.25) is 0 Å². The second kappa shape index (κ2) is 11.0. The molecular weight excluding hydrogens is 454 g/mol. The van der Waals surface area contributed by atoms with Gasteiger partial charge in [0.05, 0.1) is 0 Å². The van der Waals surface area contributed by atoms with Crippen molar-refractivity contribution in [1.29, 1.82) is 0 Å². The number of aryl methyl sites for hydroxylation is 2. The number of carbonyl (C=O) groups excluding carboxylic acids is 1. The molecule has 2 aromatic carbocycles. The number of aliphatic carboxylic acids is 1. The summed E-state index contributed by atoms with van der Waals surface area (Å²) in [5.74, 6) is -0.535. The molecule has 0 aromatic heterocycles. The summed E-state index contributed by atoms with van der Waals surface area (Å²) in [5.41, 5.74) is 3.70. The molecule has 2 aromatic rings. The van der Waals surface area contributed by atoms with Crippen molar-refractivity contribution in [3.05, 3.63) is 64.2 Å². The van der Waals surface area contributed by atoms with Crippen LogP contribution in [0.2, 0.25) is 0 Å². The van der Waals surface area contributed by atoms with E-state index in [0.29, 0.717) is 5.56 Å². The highest BCUT2D eigenvalue weighted by Crippen LogP contribution is 2.41. The lowest BCUT2D eigenvalue weighted by molar-refractivity contribution is -0.137. The van der Waals surface area contributed by atoms with Crippen LogP contribution in [0.3, 0.4) is 0 Å². The second-order valence-electron chi connectivity index (χ2n) is 10.4. The number of benzene rings is 2. The third kappa shape index (κ3) is 5.44. The molecule has 1 fully saturated rings. The number of carboxylic acids is 1. The zero-order valence-corrected chi connectivity index (χ0v) is 22.6. The van der Waals surface area contributed by atoms with Crippen LogP contribution in [0.15, 0.2) is 36.4 Å². The zero-order chi connectivity index (χ0) is 26.7. The molecule has 2 N–H and O–H groups in total. The van der Waals surface area contributed by atoms with Gasteiger partial charge in [0.25, 0.3) is 5.91 Å². The van der Waals surface area contributed by atoms with Gasteiger partial charge in [-0.2, -0.15) is 0 Å². The molecule has 0 spiro atoms. The summed E-state index contributed by atoms with van der Waals surface area (Å²) in [6.07, 6.45) is 5.14. The quantitative estimate of drug-likeness (QED) is 0.446. The fourth-order valence-electron chi connectivity index (χ4n) is 5.69. The minimum atomic E-state index is -1.04. The Morgan fingerprint density at radius 2 is 1.58 bits per heavy atom. The number of amides is 1. The maximum atomic E-state index is 12.8. The topological polar surface area (TPSA) is 87.1 Å². The fraction of sp³-hybridized carbons (Fsp3) is 0.533. The first-order valence-electron chi connectivity index (χ1n) is 13.1. The van der Waals surface area contributed by atoms with E-state index in [1.54, 1.807) is 0 Å². The Morgan fingerprint density at radius 3 is 2.08 bits per heavy atom. The number of likely N-dealkylation sites (N-methyl/N-ethyl adjacent to an activating group) is 1. The highest BCUT2D eigenvalue weighted by Gasteiger charge is 2.39. The molecule has 6 nitrogen and oxygen atoms in total. The predicted octanol–water partition coefficient (Wildman–Crippen LogP) is 5.64. The van der Waals surface area contributed by atoms with Crippen LogP contribution in [-0.2, 0) is 10.2 Å². The Hall–Kier alpha value is -2.86. The lowest BCUT2D eigenvalue weighted by Crippen LogP contribution is -2.41. The number of nitrogens with zero attached hydrogens (tertiary/aromatic N) is 1. The molecule has 6 heteroatoms. The Morgan fingerprint density at radius 1 is 1.03 bits per heavy atom. The lowest BCUT2D eigenvalue weighted by atomic mass is 9.70. The lowest BCUT2D eigenvalue weighted by Gasteiger charge is -2.35. The first-order valence-corrected chi connectivity index (χ1v) is 13.1. The summed E-state index contributed by atoms with van der Waals surface area (Å²) in [6, 6.07) is 12.2. The van der Waals surface area contributed by atoms with Gasteiger partial charge in [0.1, 0.15) is 24.0 Å². The first-order chi connectivity index (χ1) is 17.0. The van der Waals surface area contributed by atoms with Crippen molar-refractivity contribution in [3.8, 4) is 5.75 Å². The SMILES string of the molecule is CCC(CC)(c1ccc(OC(C)C2(O)CCCC2)c(C)c1)c1ccc(C(=O)N(C)CC(=O)O)c(C)c1. The number of carboxylic acid groups (broad SMARTS) is 1. The first kappa shape index (κ1) is 27.7. The van der Waals surface area contributed by atoms with Gasteiger partial charge < -0.3 is 19.8 Å². The van der Waals surface area contributed by atoms with Crippen LogP contribution < -0.4 is 4.74 Å². The van der Waals surface area contributed by atoms with Crippen molar-refractivity contribution in [1.82, 2.24) is 4.90 Å². The van der Waals surface area contributed by atoms with Gasteiger partial charge in [-0.3, -0.25) is 9.59 Å². The van der Waals surface area contributed by atoms with Crippen molar-refractivity contribution < 1.29 is 24.5 Å². The monoisotopic (exact) mass is 495 g/mol. The smallest absolute Gasteiger partial charge is 0.323 e.